The number of ether oxygens (including phenoxy) is 2. The molecule has 0 unspecified atom stereocenters. The summed E-state index contributed by atoms with van der Waals surface area (Å²) in [6.07, 6.45) is 3.74. The van der Waals surface area contributed by atoms with E-state index in [0.717, 1.165) is 46.5 Å². The summed E-state index contributed by atoms with van der Waals surface area (Å²) in [5.74, 6) is -0.169. The highest BCUT2D eigenvalue weighted by Gasteiger charge is 2.32. The van der Waals surface area contributed by atoms with Crippen LogP contribution in [-0.4, -0.2) is 48.1 Å². The molecule has 0 bridgehead atoms. The van der Waals surface area contributed by atoms with Crippen molar-refractivity contribution >= 4 is 23.2 Å². The van der Waals surface area contributed by atoms with Crippen molar-refractivity contribution in [3.05, 3.63) is 132 Å². The van der Waals surface area contributed by atoms with Gasteiger partial charge in [-0.3, -0.25) is 9.59 Å². The zero-order valence-corrected chi connectivity index (χ0v) is 28.7. The Morgan fingerprint density at radius 2 is 1.58 bits per heavy atom. The van der Waals surface area contributed by atoms with E-state index in [1.54, 1.807) is 12.1 Å². The third-order valence-electron chi connectivity index (χ3n) is 8.85. The van der Waals surface area contributed by atoms with Crippen LogP contribution in [0.2, 0.25) is 0 Å². The quantitative estimate of drug-likeness (QED) is 0.0578. The smallest absolute Gasteiger partial charge is 0.224 e. The van der Waals surface area contributed by atoms with Crippen LogP contribution in [0, 0.1) is 0 Å². The Hall–Kier alpha value is -4.80. The van der Waals surface area contributed by atoms with Crippen molar-refractivity contribution in [2.75, 3.05) is 31.2 Å². The topological polar surface area (TPSA) is 126 Å². The first-order valence-corrected chi connectivity index (χ1v) is 17.2. The lowest BCUT2D eigenvalue weighted by molar-refractivity contribution is -0.252. The summed E-state index contributed by atoms with van der Waals surface area (Å²) in [7, 11) is 2.06. The number of nitrogens with two attached hydrogens (primary N) is 1. The van der Waals surface area contributed by atoms with E-state index in [9.17, 15) is 14.7 Å². The van der Waals surface area contributed by atoms with Gasteiger partial charge in [0, 0.05) is 44.5 Å². The van der Waals surface area contributed by atoms with Crippen LogP contribution < -0.4 is 16.4 Å². The highest BCUT2D eigenvalue weighted by Crippen LogP contribution is 2.38. The third-order valence-corrected chi connectivity index (χ3v) is 8.85. The van der Waals surface area contributed by atoms with Crippen molar-refractivity contribution < 1.29 is 24.2 Å². The Morgan fingerprint density at radius 1 is 0.900 bits per heavy atom. The van der Waals surface area contributed by atoms with E-state index in [4.69, 9.17) is 15.2 Å². The fourth-order valence-corrected chi connectivity index (χ4v) is 6.13. The molecule has 1 aliphatic rings. The molecule has 4 aromatic rings. The van der Waals surface area contributed by atoms with Gasteiger partial charge in [0.1, 0.15) is 0 Å². The van der Waals surface area contributed by atoms with E-state index in [1.807, 2.05) is 72.8 Å². The Bertz CT molecular complexity index is 1710. The molecule has 9 heteroatoms. The Morgan fingerprint density at radius 3 is 2.30 bits per heavy atom. The second kappa shape index (κ2) is 18.3. The molecule has 0 aliphatic carbocycles. The Balaban J connectivity index is 1.17. The molecule has 1 heterocycles. The van der Waals surface area contributed by atoms with Crippen molar-refractivity contribution in [1.82, 2.24) is 10.2 Å². The summed E-state index contributed by atoms with van der Waals surface area (Å²) in [6.45, 7) is 5.77. The minimum Gasteiger partial charge on any atom is -0.397 e. The van der Waals surface area contributed by atoms with Crippen molar-refractivity contribution in [2.45, 2.75) is 63.8 Å². The van der Waals surface area contributed by atoms with Crippen LogP contribution in [0.3, 0.4) is 0 Å². The second-order valence-corrected chi connectivity index (χ2v) is 12.8. The molecule has 0 aromatic heterocycles. The number of anilines is 2. The Kier molecular flexibility index (Phi) is 13.3. The Labute approximate surface area is 295 Å². The molecule has 50 heavy (non-hydrogen) atoms. The lowest BCUT2D eigenvalue weighted by atomic mass is 9.97. The zero-order valence-electron chi connectivity index (χ0n) is 28.7. The van der Waals surface area contributed by atoms with Crippen LogP contribution in [0.25, 0.3) is 11.1 Å². The molecular weight excluding hydrogens is 628 g/mol. The number of hydrogen-bond acceptors (Lipinski definition) is 7. The molecule has 1 fully saturated rings. The normalized spacial score (nSPS) is 17.3. The van der Waals surface area contributed by atoms with Gasteiger partial charge in [-0.05, 0) is 59.8 Å². The van der Waals surface area contributed by atoms with E-state index < -0.39 is 6.29 Å². The number of para-hydroxylation sites is 2. The number of nitrogens with zero attached hydrogens (tertiary/aromatic N) is 1. The van der Waals surface area contributed by atoms with Crippen LogP contribution in [0.4, 0.5) is 11.4 Å². The van der Waals surface area contributed by atoms with Crippen LogP contribution in [-0.2, 0) is 32.2 Å². The molecule has 0 radical (unpaired) electrons. The number of aliphatic hydroxyl groups is 1. The van der Waals surface area contributed by atoms with Gasteiger partial charge in [-0.1, -0.05) is 91.0 Å². The first kappa shape index (κ1) is 36.5. The van der Waals surface area contributed by atoms with Crippen molar-refractivity contribution in [3.8, 4) is 11.1 Å². The van der Waals surface area contributed by atoms with Gasteiger partial charge in [0.25, 0.3) is 0 Å². The summed E-state index contributed by atoms with van der Waals surface area (Å²) in [4.78, 5) is 27.1. The number of unbranched alkanes of at least 4 members (excludes halogenated alkanes) is 1. The summed E-state index contributed by atoms with van der Waals surface area (Å²) in [5, 5.41) is 15.4. The molecule has 0 spiro atoms. The summed E-state index contributed by atoms with van der Waals surface area (Å²) in [6, 6.07) is 31.3. The maximum atomic E-state index is 12.7. The zero-order chi connectivity index (χ0) is 35.3. The average Bonchev–Trinajstić information content (AvgIpc) is 3.13. The lowest BCUT2D eigenvalue weighted by Crippen LogP contribution is -2.37. The summed E-state index contributed by atoms with van der Waals surface area (Å²) >= 11 is 0. The number of amides is 2. The molecule has 5 rings (SSSR count). The number of hydrogen-bond donors (Lipinski definition) is 4. The first-order chi connectivity index (χ1) is 24.3. The molecule has 262 valence electrons. The maximum Gasteiger partial charge on any atom is 0.224 e. The number of benzene rings is 4. The third kappa shape index (κ3) is 10.4. The molecule has 1 saturated heterocycles. The highest BCUT2D eigenvalue weighted by atomic mass is 16.7. The van der Waals surface area contributed by atoms with Crippen molar-refractivity contribution in [3.63, 3.8) is 0 Å². The molecule has 4 aromatic carbocycles. The maximum absolute atomic E-state index is 12.7. The molecule has 2 amide bonds. The number of likely N-dealkylation sites (N-methyl/N-ethyl adjacent to an activating group) is 1. The molecule has 0 saturated carbocycles. The molecule has 9 nitrogen and oxygen atoms in total. The largest absolute Gasteiger partial charge is 0.397 e. The van der Waals surface area contributed by atoms with Gasteiger partial charge in [-0.25, -0.2) is 0 Å². The van der Waals surface area contributed by atoms with Gasteiger partial charge in [0.05, 0.1) is 30.2 Å². The molecular formula is C41H48N4O5. The second-order valence-electron chi connectivity index (χ2n) is 12.8. The predicted octanol–water partition coefficient (Wildman–Crippen LogP) is 6.91. The average molecular weight is 677 g/mol. The number of nitrogen functional groups attached to an aromatic ring is 1. The van der Waals surface area contributed by atoms with Gasteiger partial charge < -0.3 is 35.8 Å². The van der Waals surface area contributed by atoms with Crippen molar-refractivity contribution in [1.29, 1.82) is 0 Å². The molecule has 5 N–H and O–H groups in total. The highest BCUT2D eigenvalue weighted by molar-refractivity contribution is 5.93. The number of aliphatic hydroxyl groups excluding tert-OH is 1. The fraction of sp³-hybridized carbons (Fsp3) is 0.317. The van der Waals surface area contributed by atoms with Gasteiger partial charge >= 0.3 is 0 Å². The molecule has 1 aliphatic heterocycles. The van der Waals surface area contributed by atoms with Gasteiger partial charge in [-0.2, -0.15) is 0 Å². The monoisotopic (exact) mass is 676 g/mol. The fourth-order valence-electron chi connectivity index (χ4n) is 6.13. The minimum absolute atomic E-state index is 0.00233. The van der Waals surface area contributed by atoms with Crippen LogP contribution in [0.15, 0.2) is 110 Å². The van der Waals surface area contributed by atoms with Gasteiger partial charge in [0.2, 0.25) is 11.8 Å². The van der Waals surface area contributed by atoms with E-state index in [1.165, 1.54) is 0 Å². The van der Waals surface area contributed by atoms with Gasteiger partial charge in [0.15, 0.2) is 6.29 Å². The van der Waals surface area contributed by atoms with E-state index >= 15 is 0 Å². The van der Waals surface area contributed by atoms with Crippen LogP contribution in [0.1, 0.15) is 66.8 Å². The first-order valence-electron chi connectivity index (χ1n) is 17.2. The van der Waals surface area contributed by atoms with Gasteiger partial charge in [-0.15, -0.1) is 6.58 Å². The lowest BCUT2D eigenvalue weighted by Gasteiger charge is -2.37. The number of carbonyl (C=O) groups excluding carboxylic acids is 2. The van der Waals surface area contributed by atoms with Crippen LogP contribution >= 0.6 is 0 Å². The SMILES string of the molecule is C=CCN(C)C[C@@H]1C[C@H](c2ccc(CO)cc2)O[C@H](c2ccc(-c3ccccc3CNC(=O)CCCCC(=O)Nc3ccccc3N)cc2)O1. The standard InChI is InChI=1S/C41H48N4O5/c1-3-24-45(2)27-34-25-38(31-18-16-29(28-46)17-19-31)50-41(49-34)32-22-20-30(21-23-32)35-11-5-4-10-33(35)26-43-39(47)14-8-9-15-40(48)44-37-13-7-6-12-36(37)42/h3-7,10-13,16-23,34,38,41,46H,1,8-9,14-15,24-28,42H2,2H3,(H,43,47)(H,44,48)/t34-,38+,41+/m0/s1. The number of nitrogens with one attached hydrogen (secondary N) is 2. The van der Waals surface area contributed by atoms with E-state index in [-0.39, 0.29) is 30.6 Å². The summed E-state index contributed by atoms with van der Waals surface area (Å²) in [5.41, 5.74) is 12.9. The van der Waals surface area contributed by atoms with E-state index in [0.29, 0.717) is 50.0 Å². The molecule has 3 atom stereocenters. The van der Waals surface area contributed by atoms with Crippen LogP contribution in [0.5, 0.6) is 0 Å². The van der Waals surface area contributed by atoms with E-state index in [2.05, 4.69) is 47.4 Å². The predicted molar refractivity (Wildman–Crippen MR) is 198 cm³/mol. The summed E-state index contributed by atoms with van der Waals surface area (Å²) < 4.78 is 13.0. The number of carbonyl (C=O) groups is 2. The van der Waals surface area contributed by atoms with Crippen molar-refractivity contribution in [2.24, 2.45) is 0 Å². The number of rotatable bonds is 16. The minimum atomic E-state index is -0.542.